The van der Waals surface area contributed by atoms with Crippen LogP contribution in [0.5, 0.6) is 0 Å². The normalized spacial score (nSPS) is 13.9. The van der Waals surface area contributed by atoms with Gasteiger partial charge in [-0.2, -0.15) is 0 Å². The molecule has 0 unspecified atom stereocenters. The lowest BCUT2D eigenvalue weighted by atomic mass is 10.2. The van der Waals surface area contributed by atoms with Crippen molar-refractivity contribution in [3.05, 3.63) is 52.0 Å². The van der Waals surface area contributed by atoms with Crippen molar-refractivity contribution in [3.8, 4) is 0 Å². The number of methoxy groups -OCH3 is 1. The Hall–Kier alpha value is -1.56. The van der Waals surface area contributed by atoms with Crippen LogP contribution in [0.25, 0.3) is 0 Å². The van der Waals surface area contributed by atoms with Gasteiger partial charge >= 0.3 is 0 Å². The van der Waals surface area contributed by atoms with Gasteiger partial charge in [-0.1, -0.05) is 29.3 Å². The molecular formula is C18H21Cl2N3O2. The molecule has 0 radical (unpaired) electrons. The van der Waals surface area contributed by atoms with Gasteiger partial charge in [0.1, 0.15) is 5.82 Å². The molecule has 25 heavy (non-hydrogen) atoms. The van der Waals surface area contributed by atoms with Crippen molar-refractivity contribution in [1.82, 2.24) is 14.5 Å². The summed E-state index contributed by atoms with van der Waals surface area (Å²) in [5.41, 5.74) is 1.03. The van der Waals surface area contributed by atoms with Crippen LogP contribution in [-0.4, -0.2) is 40.6 Å². The second kappa shape index (κ2) is 8.21. The molecule has 1 heterocycles. The Balaban J connectivity index is 1.72. The second-order valence-electron chi connectivity index (χ2n) is 6.25. The van der Waals surface area contributed by atoms with Crippen molar-refractivity contribution in [3.63, 3.8) is 0 Å². The molecule has 1 aliphatic rings. The number of nitrogens with zero attached hydrogens (tertiary/aromatic N) is 3. The van der Waals surface area contributed by atoms with Crippen LogP contribution in [-0.2, 0) is 22.6 Å². The van der Waals surface area contributed by atoms with Crippen LogP contribution < -0.4 is 0 Å². The van der Waals surface area contributed by atoms with Crippen molar-refractivity contribution >= 4 is 29.1 Å². The predicted molar refractivity (Wildman–Crippen MR) is 97.8 cm³/mol. The Morgan fingerprint density at radius 2 is 2.16 bits per heavy atom. The first-order valence-corrected chi connectivity index (χ1v) is 9.05. The number of ether oxygens (including phenoxy) is 1. The monoisotopic (exact) mass is 381 g/mol. The molecule has 134 valence electrons. The lowest BCUT2D eigenvalue weighted by molar-refractivity contribution is -0.134. The number of aromatic nitrogens is 2. The zero-order chi connectivity index (χ0) is 17.8. The second-order valence-corrected chi connectivity index (χ2v) is 7.06. The maximum absolute atomic E-state index is 12.5. The Kier molecular flexibility index (Phi) is 5.99. The SMILES string of the molecule is COCCN(Cc1nccn1Cc1ccc(Cl)c(Cl)c1)C(=O)C1CC1. The van der Waals surface area contributed by atoms with E-state index in [1.807, 2.05) is 27.8 Å². The highest BCUT2D eigenvalue weighted by Gasteiger charge is 2.33. The molecule has 1 fully saturated rings. The molecule has 0 atom stereocenters. The van der Waals surface area contributed by atoms with E-state index in [-0.39, 0.29) is 11.8 Å². The van der Waals surface area contributed by atoms with Crippen molar-refractivity contribution in [1.29, 1.82) is 0 Å². The molecule has 0 spiro atoms. The highest BCUT2D eigenvalue weighted by atomic mass is 35.5. The Morgan fingerprint density at radius 3 is 2.84 bits per heavy atom. The van der Waals surface area contributed by atoms with Crippen LogP contribution >= 0.6 is 23.2 Å². The summed E-state index contributed by atoms with van der Waals surface area (Å²) < 4.78 is 7.17. The van der Waals surface area contributed by atoms with Crippen LogP contribution in [0.3, 0.4) is 0 Å². The first-order valence-electron chi connectivity index (χ1n) is 8.30. The molecule has 0 bridgehead atoms. The van der Waals surface area contributed by atoms with E-state index < -0.39 is 0 Å². The lowest BCUT2D eigenvalue weighted by Crippen LogP contribution is -2.35. The fraction of sp³-hybridized carbons (Fsp3) is 0.444. The molecule has 1 saturated carbocycles. The van der Waals surface area contributed by atoms with Crippen molar-refractivity contribution in [2.24, 2.45) is 5.92 Å². The minimum Gasteiger partial charge on any atom is -0.383 e. The van der Waals surface area contributed by atoms with E-state index in [9.17, 15) is 4.79 Å². The van der Waals surface area contributed by atoms with Gasteiger partial charge in [-0.05, 0) is 30.5 Å². The molecule has 3 rings (SSSR count). The van der Waals surface area contributed by atoms with Gasteiger partial charge in [-0.3, -0.25) is 4.79 Å². The fourth-order valence-electron chi connectivity index (χ4n) is 2.70. The number of carbonyl (C=O) groups is 1. The van der Waals surface area contributed by atoms with E-state index in [2.05, 4.69) is 4.98 Å². The zero-order valence-corrected chi connectivity index (χ0v) is 15.6. The molecule has 0 aliphatic heterocycles. The lowest BCUT2D eigenvalue weighted by Gasteiger charge is -2.22. The summed E-state index contributed by atoms with van der Waals surface area (Å²) in [7, 11) is 1.64. The first kappa shape index (κ1) is 18.2. The predicted octanol–water partition coefficient (Wildman–Crippen LogP) is 3.62. The molecule has 0 saturated heterocycles. The van der Waals surface area contributed by atoms with Crippen LogP contribution in [0.15, 0.2) is 30.6 Å². The number of hydrogen-bond acceptors (Lipinski definition) is 3. The van der Waals surface area contributed by atoms with Crippen molar-refractivity contribution in [2.45, 2.75) is 25.9 Å². The standard InChI is InChI=1S/C18H21Cl2N3O2/c1-25-9-8-23(18(24)14-3-4-14)12-17-21-6-7-22(17)11-13-2-5-15(19)16(20)10-13/h2,5-7,10,14H,3-4,8-9,11-12H2,1H3. The minimum atomic E-state index is 0.176. The molecule has 5 nitrogen and oxygen atoms in total. The quantitative estimate of drug-likeness (QED) is 0.701. The number of imidazole rings is 1. The van der Waals surface area contributed by atoms with Gasteiger partial charge in [0.2, 0.25) is 5.91 Å². The molecular weight excluding hydrogens is 361 g/mol. The summed E-state index contributed by atoms with van der Waals surface area (Å²) >= 11 is 12.1. The summed E-state index contributed by atoms with van der Waals surface area (Å²) in [5, 5.41) is 1.07. The summed E-state index contributed by atoms with van der Waals surface area (Å²) in [6.07, 6.45) is 5.64. The molecule has 0 N–H and O–H groups in total. The third-order valence-corrected chi connectivity index (χ3v) is 5.01. The van der Waals surface area contributed by atoms with Crippen molar-refractivity contribution < 1.29 is 9.53 Å². The number of halogens is 2. The fourth-order valence-corrected chi connectivity index (χ4v) is 3.02. The molecule has 1 aliphatic carbocycles. The molecule has 2 aromatic rings. The van der Waals surface area contributed by atoms with Gasteiger partial charge in [0.05, 0.1) is 23.2 Å². The summed E-state index contributed by atoms with van der Waals surface area (Å²) in [6.45, 7) is 2.20. The van der Waals surface area contributed by atoms with Crippen LogP contribution in [0, 0.1) is 5.92 Å². The number of carbonyl (C=O) groups excluding carboxylic acids is 1. The van der Waals surface area contributed by atoms with E-state index in [1.165, 1.54) is 0 Å². The van der Waals surface area contributed by atoms with E-state index in [0.717, 1.165) is 24.2 Å². The van der Waals surface area contributed by atoms with Gasteiger partial charge in [0, 0.05) is 38.5 Å². The van der Waals surface area contributed by atoms with Gasteiger partial charge in [0.15, 0.2) is 0 Å². The molecule has 1 aromatic carbocycles. The van der Waals surface area contributed by atoms with Crippen LogP contribution in [0.1, 0.15) is 24.2 Å². The summed E-state index contributed by atoms with van der Waals surface area (Å²) in [6, 6.07) is 5.58. The average molecular weight is 382 g/mol. The Bertz CT molecular complexity index is 744. The first-order chi connectivity index (χ1) is 12.1. The van der Waals surface area contributed by atoms with Gasteiger partial charge in [0.25, 0.3) is 0 Å². The van der Waals surface area contributed by atoms with E-state index in [0.29, 0.717) is 36.3 Å². The smallest absolute Gasteiger partial charge is 0.226 e. The number of hydrogen-bond donors (Lipinski definition) is 0. The molecule has 1 amide bonds. The third kappa shape index (κ3) is 4.75. The van der Waals surface area contributed by atoms with Crippen molar-refractivity contribution in [2.75, 3.05) is 20.3 Å². The Morgan fingerprint density at radius 1 is 1.36 bits per heavy atom. The van der Waals surface area contributed by atoms with Crippen LogP contribution in [0.4, 0.5) is 0 Å². The molecule has 7 heteroatoms. The summed E-state index contributed by atoms with van der Waals surface area (Å²) in [4.78, 5) is 18.8. The van der Waals surface area contributed by atoms with E-state index in [1.54, 1.807) is 19.4 Å². The highest BCUT2D eigenvalue weighted by Crippen LogP contribution is 2.31. The van der Waals surface area contributed by atoms with Gasteiger partial charge in [-0.25, -0.2) is 4.98 Å². The minimum absolute atomic E-state index is 0.176. The topological polar surface area (TPSA) is 47.4 Å². The van der Waals surface area contributed by atoms with Gasteiger partial charge in [-0.15, -0.1) is 0 Å². The van der Waals surface area contributed by atoms with E-state index >= 15 is 0 Å². The largest absolute Gasteiger partial charge is 0.383 e. The Labute approximate surface area is 157 Å². The third-order valence-electron chi connectivity index (χ3n) is 4.27. The number of benzene rings is 1. The summed E-state index contributed by atoms with van der Waals surface area (Å²) in [5.74, 6) is 1.22. The maximum Gasteiger partial charge on any atom is 0.226 e. The van der Waals surface area contributed by atoms with Crippen LogP contribution in [0.2, 0.25) is 10.0 Å². The maximum atomic E-state index is 12.5. The van der Waals surface area contributed by atoms with Gasteiger partial charge < -0.3 is 14.2 Å². The highest BCUT2D eigenvalue weighted by molar-refractivity contribution is 6.42. The average Bonchev–Trinajstić information content (AvgIpc) is 3.36. The zero-order valence-electron chi connectivity index (χ0n) is 14.1. The van der Waals surface area contributed by atoms with E-state index in [4.69, 9.17) is 27.9 Å². The molecule has 1 aromatic heterocycles. The number of rotatable bonds is 8. The number of amides is 1.